The zero-order chi connectivity index (χ0) is 6.85. The summed E-state index contributed by atoms with van der Waals surface area (Å²) in [5, 5.41) is 0. The molecule has 0 aromatic carbocycles. The van der Waals surface area contributed by atoms with Crippen molar-refractivity contribution < 1.29 is 13.2 Å². The first kappa shape index (κ1) is 6.05. The molecule has 0 N–H and O–H groups in total. The van der Waals surface area contributed by atoms with E-state index in [1.165, 1.54) is 0 Å². The van der Waals surface area contributed by atoms with Crippen molar-refractivity contribution in [3.05, 3.63) is 35.7 Å². The molecule has 0 aromatic heterocycles. The second-order valence-electron chi connectivity index (χ2n) is 1.40. The molecule has 0 fully saturated rings. The molecule has 45 valence electrons. The molecular weight excluding hydrogens is 129 g/mol. The van der Waals surface area contributed by atoms with Crippen LogP contribution in [-0.4, -0.2) is 0 Å². The van der Waals surface area contributed by atoms with E-state index in [2.05, 4.69) is 0 Å². The van der Waals surface area contributed by atoms with Gasteiger partial charge in [-0.15, -0.1) is 0 Å². The van der Waals surface area contributed by atoms with Gasteiger partial charge in [-0.3, -0.25) is 0 Å². The zero-order valence-electron chi connectivity index (χ0n) is 4.21. The molecule has 9 heavy (non-hydrogen) atoms. The summed E-state index contributed by atoms with van der Waals surface area (Å²) >= 11 is 0. The minimum atomic E-state index is -1.15. The van der Waals surface area contributed by atoms with Gasteiger partial charge in [0, 0.05) is 0 Å². The number of halogens is 3. The van der Waals surface area contributed by atoms with E-state index < -0.39 is 17.5 Å². The van der Waals surface area contributed by atoms with Crippen LogP contribution in [0.4, 0.5) is 13.2 Å². The average Bonchev–Trinajstić information content (AvgIpc) is 1.59. The molecule has 1 aliphatic rings. The molecule has 0 atom stereocenters. The molecule has 0 aromatic rings. The fraction of sp³-hybridized carbons (Fsp3) is 0. The van der Waals surface area contributed by atoms with Gasteiger partial charge in [0.1, 0.15) is 11.8 Å². The standard InChI is InChI=1S/C6HF3/c7-4-1-5(8)3-6(9)2-4/h1H/q+1. The van der Waals surface area contributed by atoms with Crippen molar-refractivity contribution in [3.63, 3.8) is 0 Å². The zero-order valence-corrected chi connectivity index (χ0v) is 4.21. The lowest BCUT2D eigenvalue weighted by Crippen LogP contribution is -1.83. The second kappa shape index (κ2) is 2.03. The predicted molar refractivity (Wildman–Crippen MR) is 25.2 cm³/mol. The van der Waals surface area contributed by atoms with Gasteiger partial charge in [-0.1, -0.05) is 0 Å². The van der Waals surface area contributed by atoms with Crippen molar-refractivity contribution in [2.45, 2.75) is 0 Å². The third-order valence-corrected chi connectivity index (χ3v) is 0.712. The Kier molecular flexibility index (Phi) is 1.37. The fourth-order valence-corrected chi connectivity index (χ4v) is 0.424. The summed E-state index contributed by atoms with van der Waals surface area (Å²) in [6.07, 6.45) is 2.09. The highest BCUT2D eigenvalue weighted by molar-refractivity contribution is 5.31. The summed E-state index contributed by atoms with van der Waals surface area (Å²) in [5.41, 5.74) is 1.58. The van der Waals surface area contributed by atoms with E-state index in [4.69, 9.17) is 0 Å². The molecule has 0 unspecified atom stereocenters. The lowest BCUT2D eigenvalue weighted by atomic mass is 10.2. The van der Waals surface area contributed by atoms with Crippen LogP contribution in [0.25, 0.3) is 0 Å². The molecule has 0 aliphatic heterocycles. The lowest BCUT2D eigenvalue weighted by molar-refractivity contribution is 0.575. The van der Waals surface area contributed by atoms with Gasteiger partial charge in [-0.25, -0.2) is 0 Å². The largest absolute Gasteiger partial charge is 0.313 e. The average molecular weight is 130 g/mol. The predicted octanol–water partition coefficient (Wildman–Crippen LogP) is 2.24. The third-order valence-electron chi connectivity index (χ3n) is 0.712. The van der Waals surface area contributed by atoms with Crippen LogP contribution in [0, 0.1) is 6.42 Å². The second-order valence-corrected chi connectivity index (χ2v) is 1.40. The Bertz CT molecular complexity index is 218. The van der Waals surface area contributed by atoms with Crippen LogP contribution < -0.4 is 0 Å². The molecule has 1 aliphatic carbocycles. The smallest absolute Gasteiger partial charge is 0.173 e. The Labute approximate surface area is 50.0 Å². The van der Waals surface area contributed by atoms with E-state index >= 15 is 0 Å². The van der Waals surface area contributed by atoms with E-state index in [9.17, 15) is 13.2 Å². The first-order valence-electron chi connectivity index (χ1n) is 2.14. The van der Waals surface area contributed by atoms with Crippen molar-refractivity contribution in [1.29, 1.82) is 0 Å². The van der Waals surface area contributed by atoms with Crippen LogP contribution in [0.2, 0.25) is 0 Å². The van der Waals surface area contributed by atoms with Crippen molar-refractivity contribution >= 4 is 0 Å². The van der Waals surface area contributed by atoms with Crippen LogP contribution in [-0.2, 0) is 0 Å². The maximum absolute atomic E-state index is 11.9. The van der Waals surface area contributed by atoms with Gasteiger partial charge in [-0.05, 0) is 0 Å². The Morgan fingerprint density at radius 1 is 1.33 bits per heavy atom. The van der Waals surface area contributed by atoms with Crippen molar-refractivity contribution in [2.75, 3.05) is 0 Å². The highest BCUT2D eigenvalue weighted by Crippen LogP contribution is 2.18. The van der Waals surface area contributed by atoms with Gasteiger partial charge in [0.05, 0.1) is 0 Å². The summed E-state index contributed by atoms with van der Waals surface area (Å²) in [7, 11) is 0. The minimum absolute atomic E-state index is 0.503. The number of allylic oxidation sites excluding steroid dienone is 3. The number of hydrogen-bond acceptors (Lipinski definition) is 0. The van der Waals surface area contributed by atoms with Crippen LogP contribution in [0.15, 0.2) is 29.3 Å². The Morgan fingerprint density at radius 3 is 2.44 bits per heavy atom. The van der Waals surface area contributed by atoms with Crippen LogP contribution in [0.5, 0.6) is 0 Å². The first-order valence-corrected chi connectivity index (χ1v) is 2.14. The summed E-state index contributed by atoms with van der Waals surface area (Å²) in [4.78, 5) is 0. The summed E-state index contributed by atoms with van der Waals surface area (Å²) in [6, 6.07) is 0. The number of hydrogen-bond donors (Lipinski definition) is 0. The van der Waals surface area contributed by atoms with Crippen molar-refractivity contribution in [2.24, 2.45) is 0 Å². The molecule has 1 radical (unpaired) electrons. The Morgan fingerprint density at radius 2 is 2.00 bits per heavy atom. The molecule has 0 amide bonds. The van der Waals surface area contributed by atoms with E-state index in [-0.39, 0.29) is 0 Å². The molecule has 0 nitrogen and oxygen atoms in total. The normalized spacial score (nSPS) is 17.4. The summed E-state index contributed by atoms with van der Waals surface area (Å²) < 4.78 is 35.6. The van der Waals surface area contributed by atoms with Gasteiger partial charge in [0.25, 0.3) is 11.7 Å². The molecule has 0 spiro atoms. The van der Waals surface area contributed by atoms with E-state index in [0.717, 1.165) is 0 Å². The van der Waals surface area contributed by atoms with Gasteiger partial charge in [-0.2, -0.15) is 13.2 Å². The topological polar surface area (TPSA) is 0 Å². The van der Waals surface area contributed by atoms with Crippen LogP contribution >= 0.6 is 0 Å². The molecule has 0 heterocycles. The monoisotopic (exact) mass is 130 g/mol. The van der Waals surface area contributed by atoms with E-state index in [1.54, 1.807) is 12.2 Å². The highest BCUT2D eigenvalue weighted by atomic mass is 19.1. The van der Waals surface area contributed by atoms with Gasteiger partial charge in [0.2, 0.25) is 6.42 Å². The molecular formula is C6HF3+. The molecule has 3 heteroatoms. The van der Waals surface area contributed by atoms with Gasteiger partial charge >= 0.3 is 5.83 Å². The minimum Gasteiger partial charge on any atom is -0.173 e. The Balaban J connectivity index is 2.99. The quantitative estimate of drug-likeness (QED) is 0.348. The summed E-state index contributed by atoms with van der Waals surface area (Å²) in [6.45, 7) is 0. The first-order chi connectivity index (χ1) is 4.18. The molecule has 0 saturated carbocycles. The maximum Gasteiger partial charge on any atom is 0.313 e. The maximum atomic E-state index is 11.9. The third kappa shape index (κ3) is 1.40. The van der Waals surface area contributed by atoms with E-state index in [0.29, 0.717) is 6.08 Å². The van der Waals surface area contributed by atoms with Crippen LogP contribution in [0.3, 0.4) is 0 Å². The molecule has 0 bridgehead atoms. The van der Waals surface area contributed by atoms with Gasteiger partial charge < -0.3 is 0 Å². The summed E-state index contributed by atoms with van der Waals surface area (Å²) in [5.74, 6) is -3.25. The van der Waals surface area contributed by atoms with Crippen molar-refractivity contribution in [3.8, 4) is 0 Å². The Hall–Kier alpha value is -1.08. The van der Waals surface area contributed by atoms with Gasteiger partial charge in [0.15, 0.2) is 0 Å². The molecule has 0 saturated heterocycles. The van der Waals surface area contributed by atoms with E-state index in [1.807, 2.05) is 0 Å². The van der Waals surface area contributed by atoms with Crippen molar-refractivity contribution in [1.82, 2.24) is 0 Å². The molecule has 1 rings (SSSR count). The SMILES string of the molecule is FC1=C=C(F)C=C(F)[C+]1. The highest BCUT2D eigenvalue weighted by Gasteiger charge is 2.20. The lowest BCUT2D eigenvalue weighted by Gasteiger charge is -1.82. The van der Waals surface area contributed by atoms with Crippen LogP contribution in [0.1, 0.15) is 0 Å². The number of rotatable bonds is 0. The fourth-order valence-electron chi connectivity index (χ4n) is 0.424.